The predicted octanol–water partition coefficient (Wildman–Crippen LogP) is 2.07. The van der Waals surface area contributed by atoms with Crippen LogP contribution in [-0.4, -0.2) is 58.9 Å². The molecule has 0 aliphatic carbocycles. The van der Waals surface area contributed by atoms with Crippen LogP contribution in [0.4, 0.5) is 10.2 Å². The molecule has 30 heavy (non-hydrogen) atoms. The summed E-state index contributed by atoms with van der Waals surface area (Å²) in [6.45, 7) is 5.66. The average Bonchev–Trinajstić information content (AvgIpc) is 3.08. The van der Waals surface area contributed by atoms with Crippen LogP contribution in [0.3, 0.4) is 0 Å². The quantitative estimate of drug-likeness (QED) is 0.616. The van der Waals surface area contributed by atoms with Gasteiger partial charge in [0.05, 0.1) is 11.4 Å². The van der Waals surface area contributed by atoms with Crippen molar-refractivity contribution in [1.82, 2.24) is 24.3 Å². The van der Waals surface area contributed by atoms with Crippen LogP contribution in [0.1, 0.15) is 17.0 Å². The highest BCUT2D eigenvalue weighted by Crippen LogP contribution is 2.18. The van der Waals surface area contributed by atoms with E-state index in [0.717, 1.165) is 11.4 Å². The van der Waals surface area contributed by atoms with Crippen molar-refractivity contribution in [3.63, 3.8) is 0 Å². The number of rotatable bonds is 5. The Hall–Kier alpha value is -2.85. The Bertz CT molecular complexity index is 1120. The van der Waals surface area contributed by atoms with Gasteiger partial charge in [0.1, 0.15) is 5.82 Å². The van der Waals surface area contributed by atoms with Gasteiger partial charge in [-0.25, -0.2) is 17.5 Å². The van der Waals surface area contributed by atoms with E-state index in [4.69, 9.17) is 0 Å². The smallest absolute Gasteiger partial charge is 0.218 e. The number of hydrogen-bond acceptors (Lipinski definition) is 6. The molecule has 1 aromatic carbocycles. The van der Waals surface area contributed by atoms with E-state index in [1.54, 1.807) is 4.68 Å². The van der Waals surface area contributed by atoms with Crippen molar-refractivity contribution >= 4 is 15.8 Å². The lowest BCUT2D eigenvalue weighted by atomic mass is 10.2. The fraction of sp³-hybridized carbons (Fsp3) is 0.350. The Morgan fingerprint density at radius 1 is 0.933 bits per heavy atom. The van der Waals surface area contributed by atoms with Crippen LogP contribution in [0.5, 0.6) is 0 Å². The molecule has 158 valence electrons. The second-order valence-electron chi connectivity index (χ2n) is 7.36. The molecular formula is C20H23FN6O2S. The molecule has 8 nitrogen and oxygen atoms in total. The summed E-state index contributed by atoms with van der Waals surface area (Å²) in [6.07, 6.45) is 0. The average molecular weight is 431 g/mol. The summed E-state index contributed by atoms with van der Waals surface area (Å²) in [7, 11) is -3.46. The molecule has 0 unspecified atom stereocenters. The Morgan fingerprint density at radius 2 is 1.57 bits per heavy atom. The van der Waals surface area contributed by atoms with Crippen LogP contribution in [0, 0.1) is 19.7 Å². The highest BCUT2D eigenvalue weighted by molar-refractivity contribution is 7.88. The molecule has 0 spiro atoms. The van der Waals surface area contributed by atoms with Gasteiger partial charge in [-0.1, -0.05) is 12.1 Å². The predicted molar refractivity (Wildman–Crippen MR) is 111 cm³/mol. The summed E-state index contributed by atoms with van der Waals surface area (Å²) < 4.78 is 41.6. The molecule has 0 bridgehead atoms. The van der Waals surface area contributed by atoms with E-state index in [2.05, 4.69) is 15.3 Å². The van der Waals surface area contributed by atoms with Gasteiger partial charge < -0.3 is 4.90 Å². The summed E-state index contributed by atoms with van der Waals surface area (Å²) in [5.74, 6) is 0.834. The highest BCUT2D eigenvalue weighted by Gasteiger charge is 2.27. The van der Waals surface area contributed by atoms with Gasteiger partial charge in [-0.3, -0.25) is 0 Å². The van der Waals surface area contributed by atoms with Gasteiger partial charge in [0.25, 0.3) is 0 Å². The Morgan fingerprint density at radius 3 is 2.13 bits per heavy atom. The van der Waals surface area contributed by atoms with Gasteiger partial charge in [-0.2, -0.15) is 9.40 Å². The van der Waals surface area contributed by atoms with E-state index in [1.165, 1.54) is 28.6 Å². The van der Waals surface area contributed by atoms with Crippen molar-refractivity contribution in [2.75, 3.05) is 31.1 Å². The zero-order chi connectivity index (χ0) is 21.3. The number of sulfonamides is 1. The number of hydrogen-bond donors (Lipinski definition) is 0. The lowest BCUT2D eigenvalue weighted by Gasteiger charge is -2.34. The van der Waals surface area contributed by atoms with E-state index < -0.39 is 10.0 Å². The van der Waals surface area contributed by atoms with Crippen LogP contribution in [0.2, 0.25) is 0 Å². The maximum Gasteiger partial charge on any atom is 0.218 e. The molecule has 4 rings (SSSR count). The molecular weight excluding hydrogens is 407 g/mol. The third-order valence-electron chi connectivity index (χ3n) is 5.08. The lowest BCUT2D eigenvalue weighted by Crippen LogP contribution is -2.49. The molecule has 1 aliphatic rings. The number of benzene rings is 1. The number of aromatic nitrogens is 4. The van der Waals surface area contributed by atoms with Gasteiger partial charge in [-0.15, -0.1) is 10.2 Å². The molecule has 0 saturated carbocycles. The topological polar surface area (TPSA) is 84.2 Å². The summed E-state index contributed by atoms with van der Waals surface area (Å²) in [5.41, 5.74) is 2.47. The van der Waals surface area contributed by atoms with Gasteiger partial charge in [0, 0.05) is 31.9 Å². The number of anilines is 1. The highest BCUT2D eigenvalue weighted by atomic mass is 32.2. The molecule has 10 heteroatoms. The molecule has 1 saturated heterocycles. The normalized spacial score (nSPS) is 15.5. The van der Waals surface area contributed by atoms with Crippen LogP contribution >= 0.6 is 0 Å². The first kappa shape index (κ1) is 20.4. The van der Waals surface area contributed by atoms with Gasteiger partial charge >= 0.3 is 0 Å². The Balaban J connectivity index is 1.39. The second kappa shape index (κ2) is 8.11. The molecule has 3 heterocycles. The van der Waals surface area contributed by atoms with E-state index in [1.807, 2.05) is 36.9 Å². The first-order valence-corrected chi connectivity index (χ1v) is 11.3. The van der Waals surface area contributed by atoms with Crippen molar-refractivity contribution in [1.29, 1.82) is 0 Å². The van der Waals surface area contributed by atoms with Crippen LogP contribution in [-0.2, 0) is 15.8 Å². The van der Waals surface area contributed by atoms with E-state index in [9.17, 15) is 12.8 Å². The number of aryl methyl sites for hydroxylation is 2. The first-order valence-electron chi connectivity index (χ1n) is 9.66. The zero-order valence-corrected chi connectivity index (χ0v) is 17.7. The van der Waals surface area contributed by atoms with Crippen LogP contribution < -0.4 is 4.90 Å². The summed E-state index contributed by atoms with van der Waals surface area (Å²) in [4.78, 5) is 2.02. The molecule has 3 aromatic rings. The third kappa shape index (κ3) is 4.34. The van der Waals surface area contributed by atoms with Crippen molar-refractivity contribution in [3.05, 3.63) is 65.2 Å². The fourth-order valence-corrected chi connectivity index (χ4v) is 5.05. The molecule has 0 radical (unpaired) electrons. The van der Waals surface area contributed by atoms with Gasteiger partial charge in [0.2, 0.25) is 10.0 Å². The molecule has 0 N–H and O–H groups in total. The van der Waals surface area contributed by atoms with Crippen LogP contribution in [0.15, 0.2) is 42.5 Å². The standard InChI is InChI=1S/C20H23FN6O2S/c1-15-13-16(2)27(24-15)20-8-7-19(22-23-20)25-9-11-26(12-10-25)30(28,29)14-17-3-5-18(21)6-4-17/h3-8,13H,9-12,14H2,1-2H3. The summed E-state index contributed by atoms with van der Waals surface area (Å²) in [6, 6.07) is 11.3. The van der Waals surface area contributed by atoms with Crippen molar-refractivity contribution < 1.29 is 12.8 Å². The molecule has 1 fully saturated rings. The third-order valence-corrected chi connectivity index (χ3v) is 6.93. The Kier molecular flexibility index (Phi) is 5.52. The molecule has 1 aliphatic heterocycles. The largest absolute Gasteiger partial charge is 0.352 e. The maximum absolute atomic E-state index is 13.0. The zero-order valence-electron chi connectivity index (χ0n) is 16.9. The molecule has 0 amide bonds. The number of halogens is 1. The Labute approximate surface area is 175 Å². The van der Waals surface area contributed by atoms with Crippen LogP contribution in [0.25, 0.3) is 5.82 Å². The minimum Gasteiger partial charge on any atom is -0.352 e. The number of piperazine rings is 1. The van der Waals surface area contributed by atoms with Crippen molar-refractivity contribution in [3.8, 4) is 5.82 Å². The van der Waals surface area contributed by atoms with Gasteiger partial charge in [0.15, 0.2) is 11.6 Å². The minimum atomic E-state index is -3.46. The van der Waals surface area contributed by atoms with E-state index >= 15 is 0 Å². The maximum atomic E-state index is 13.0. The monoisotopic (exact) mass is 430 g/mol. The lowest BCUT2D eigenvalue weighted by molar-refractivity contribution is 0.383. The van der Waals surface area contributed by atoms with Gasteiger partial charge in [-0.05, 0) is 49.7 Å². The number of nitrogens with zero attached hydrogens (tertiary/aromatic N) is 6. The van der Waals surface area contributed by atoms with Crippen molar-refractivity contribution in [2.45, 2.75) is 19.6 Å². The summed E-state index contributed by atoms with van der Waals surface area (Å²) >= 11 is 0. The molecule has 0 atom stereocenters. The van der Waals surface area contributed by atoms with Crippen molar-refractivity contribution in [2.24, 2.45) is 0 Å². The van der Waals surface area contributed by atoms with E-state index in [0.29, 0.717) is 43.4 Å². The minimum absolute atomic E-state index is 0.135. The summed E-state index contributed by atoms with van der Waals surface area (Å²) in [5, 5.41) is 13.0. The molecule has 2 aromatic heterocycles. The fourth-order valence-electron chi connectivity index (χ4n) is 3.54. The van der Waals surface area contributed by atoms with E-state index in [-0.39, 0.29) is 11.6 Å². The second-order valence-corrected chi connectivity index (χ2v) is 9.33. The SMILES string of the molecule is Cc1cc(C)n(-c2ccc(N3CCN(S(=O)(=O)Cc4ccc(F)cc4)CC3)nn2)n1. The first-order chi connectivity index (χ1) is 14.3.